The molecular weight excluding hydrogens is 386 g/mol. The van der Waals surface area contributed by atoms with Gasteiger partial charge in [0.25, 0.3) is 5.91 Å². The number of nitrogens with zero attached hydrogens (tertiary/aromatic N) is 3. The Morgan fingerprint density at radius 3 is 2.86 bits per heavy atom. The maximum atomic E-state index is 12.7. The molecule has 1 saturated heterocycles. The Labute approximate surface area is 173 Å². The Kier molecular flexibility index (Phi) is 5.79. The van der Waals surface area contributed by atoms with E-state index in [-0.39, 0.29) is 29.8 Å². The largest absolute Gasteiger partial charge is 0.348 e. The highest BCUT2D eigenvalue weighted by Gasteiger charge is 2.36. The average molecular weight is 412 g/mol. The Hall–Kier alpha value is -2.50. The molecule has 0 unspecified atom stereocenters. The lowest BCUT2D eigenvalue weighted by Gasteiger charge is -2.34. The normalized spacial score (nSPS) is 25.5. The van der Waals surface area contributed by atoms with Gasteiger partial charge in [0.1, 0.15) is 11.7 Å². The van der Waals surface area contributed by atoms with Crippen molar-refractivity contribution in [1.29, 1.82) is 5.26 Å². The van der Waals surface area contributed by atoms with Crippen molar-refractivity contribution in [1.82, 2.24) is 15.2 Å². The lowest BCUT2D eigenvalue weighted by molar-refractivity contribution is -0.134. The van der Waals surface area contributed by atoms with Gasteiger partial charge in [0.15, 0.2) is 0 Å². The molecule has 2 aliphatic rings. The van der Waals surface area contributed by atoms with Gasteiger partial charge >= 0.3 is 0 Å². The van der Waals surface area contributed by atoms with Gasteiger partial charge in [0.05, 0.1) is 12.1 Å². The second kappa shape index (κ2) is 8.47. The topological polar surface area (TPSA) is 112 Å². The standard InChI is InChI=1S/C21H25N5O2S/c22-11-16-2-1-8-26(16)21(28)19(23)13-3-5-15(6-4-13)25-20(27)17-10-18-14(12-24-17)7-9-29-18/h7,9-10,12-13,15-16,19H,1-6,8,23H2,(H,25,27)/t13?,15?,16-,19-/m0/s1. The average Bonchev–Trinajstić information content (AvgIpc) is 3.41. The van der Waals surface area contributed by atoms with E-state index >= 15 is 0 Å². The van der Waals surface area contributed by atoms with Crippen molar-refractivity contribution in [3.8, 4) is 6.07 Å². The van der Waals surface area contributed by atoms with Gasteiger partial charge in [-0.25, -0.2) is 0 Å². The second-order valence-electron chi connectivity index (χ2n) is 7.96. The molecule has 2 amide bonds. The number of hydrogen-bond acceptors (Lipinski definition) is 6. The molecule has 8 heteroatoms. The number of amides is 2. The minimum Gasteiger partial charge on any atom is -0.348 e. The van der Waals surface area contributed by atoms with E-state index in [1.54, 1.807) is 22.4 Å². The van der Waals surface area contributed by atoms with Crippen LogP contribution in [0.15, 0.2) is 23.7 Å². The predicted octanol–water partition coefficient (Wildman–Crippen LogP) is 2.43. The van der Waals surface area contributed by atoms with Crippen molar-refractivity contribution in [2.75, 3.05) is 6.54 Å². The Morgan fingerprint density at radius 2 is 2.10 bits per heavy atom. The molecule has 2 fully saturated rings. The second-order valence-corrected chi connectivity index (χ2v) is 8.91. The highest BCUT2D eigenvalue weighted by molar-refractivity contribution is 7.17. The lowest BCUT2D eigenvalue weighted by atomic mass is 9.81. The number of fused-ring (bicyclic) bond motifs is 1. The number of rotatable bonds is 4. The first-order valence-corrected chi connectivity index (χ1v) is 11.0. The van der Waals surface area contributed by atoms with E-state index in [4.69, 9.17) is 5.73 Å². The zero-order chi connectivity index (χ0) is 20.4. The monoisotopic (exact) mass is 411 g/mol. The van der Waals surface area contributed by atoms with Crippen molar-refractivity contribution >= 4 is 33.2 Å². The van der Waals surface area contributed by atoms with Crippen LogP contribution in [0.5, 0.6) is 0 Å². The van der Waals surface area contributed by atoms with E-state index in [9.17, 15) is 14.9 Å². The van der Waals surface area contributed by atoms with Gasteiger partial charge in [-0.15, -0.1) is 11.3 Å². The van der Waals surface area contributed by atoms with Crippen LogP contribution in [0.1, 0.15) is 49.0 Å². The van der Waals surface area contributed by atoms with Gasteiger partial charge in [0, 0.05) is 28.9 Å². The summed E-state index contributed by atoms with van der Waals surface area (Å²) in [4.78, 5) is 31.2. The summed E-state index contributed by atoms with van der Waals surface area (Å²) in [6.07, 6.45) is 6.50. The first kappa shape index (κ1) is 19.8. The fourth-order valence-electron chi connectivity index (χ4n) is 4.42. The number of aromatic nitrogens is 1. The summed E-state index contributed by atoms with van der Waals surface area (Å²) in [5.74, 6) is -0.163. The minimum absolute atomic E-state index is 0.0699. The van der Waals surface area contributed by atoms with Crippen LogP contribution in [0.25, 0.3) is 10.1 Å². The zero-order valence-electron chi connectivity index (χ0n) is 16.2. The maximum absolute atomic E-state index is 12.7. The summed E-state index contributed by atoms with van der Waals surface area (Å²) in [6.45, 7) is 0.623. The number of carbonyl (C=O) groups is 2. The number of likely N-dealkylation sites (tertiary alicyclic amines) is 1. The number of nitriles is 1. The highest BCUT2D eigenvalue weighted by atomic mass is 32.1. The van der Waals surface area contributed by atoms with Gasteiger partial charge in [-0.2, -0.15) is 5.26 Å². The van der Waals surface area contributed by atoms with E-state index in [0.29, 0.717) is 12.2 Å². The summed E-state index contributed by atoms with van der Waals surface area (Å²) in [5, 5.41) is 15.3. The van der Waals surface area contributed by atoms with Crippen LogP contribution in [-0.2, 0) is 4.79 Å². The van der Waals surface area contributed by atoms with Crippen LogP contribution in [0, 0.1) is 17.2 Å². The van der Waals surface area contributed by atoms with E-state index in [2.05, 4.69) is 16.4 Å². The molecule has 0 bridgehead atoms. The number of nitrogens with two attached hydrogens (primary N) is 1. The fraction of sp³-hybridized carbons (Fsp3) is 0.524. The van der Waals surface area contributed by atoms with Gasteiger partial charge in [0.2, 0.25) is 5.91 Å². The van der Waals surface area contributed by atoms with Crippen molar-refractivity contribution < 1.29 is 9.59 Å². The number of nitrogens with one attached hydrogen (secondary N) is 1. The summed E-state index contributed by atoms with van der Waals surface area (Å²) >= 11 is 1.59. The molecule has 2 atom stereocenters. The first-order valence-electron chi connectivity index (χ1n) is 10.2. The van der Waals surface area contributed by atoms with Crippen molar-refractivity contribution in [2.45, 2.75) is 56.7 Å². The van der Waals surface area contributed by atoms with Gasteiger partial charge < -0.3 is 16.0 Å². The van der Waals surface area contributed by atoms with E-state index in [1.807, 2.05) is 17.5 Å². The summed E-state index contributed by atoms with van der Waals surface area (Å²) < 4.78 is 1.05. The first-order chi connectivity index (χ1) is 14.1. The van der Waals surface area contributed by atoms with Crippen LogP contribution >= 0.6 is 11.3 Å². The third kappa shape index (κ3) is 4.11. The Balaban J connectivity index is 1.30. The number of thiophene rings is 1. The number of pyridine rings is 1. The van der Waals surface area contributed by atoms with Gasteiger partial charge in [-0.1, -0.05) is 0 Å². The summed E-state index contributed by atoms with van der Waals surface area (Å²) in [6, 6.07) is 5.19. The molecule has 29 heavy (non-hydrogen) atoms. The van der Waals surface area contributed by atoms with E-state index in [1.165, 1.54) is 0 Å². The summed E-state index contributed by atoms with van der Waals surface area (Å²) in [7, 11) is 0. The third-order valence-electron chi connectivity index (χ3n) is 6.16. The van der Waals surface area contributed by atoms with Crippen LogP contribution in [-0.4, -0.2) is 46.4 Å². The van der Waals surface area contributed by atoms with E-state index < -0.39 is 6.04 Å². The van der Waals surface area contributed by atoms with Crippen LogP contribution in [0.4, 0.5) is 0 Å². The lowest BCUT2D eigenvalue weighted by Crippen LogP contribution is -2.50. The molecule has 2 aromatic rings. The molecular formula is C21H25N5O2S. The Bertz CT molecular complexity index is 944. The third-order valence-corrected chi connectivity index (χ3v) is 7.03. The van der Waals surface area contributed by atoms with Gasteiger partial charge in [-0.3, -0.25) is 14.6 Å². The maximum Gasteiger partial charge on any atom is 0.270 e. The molecule has 4 rings (SSSR count). The number of carbonyl (C=O) groups excluding carboxylic acids is 2. The highest BCUT2D eigenvalue weighted by Crippen LogP contribution is 2.29. The molecule has 1 aliphatic heterocycles. The molecule has 3 heterocycles. The number of hydrogen-bond donors (Lipinski definition) is 2. The van der Waals surface area contributed by atoms with Crippen molar-refractivity contribution in [3.63, 3.8) is 0 Å². The molecule has 3 N–H and O–H groups in total. The van der Waals surface area contributed by atoms with Crippen molar-refractivity contribution in [3.05, 3.63) is 29.4 Å². The molecule has 7 nitrogen and oxygen atoms in total. The summed E-state index contributed by atoms with van der Waals surface area (Å²) in [5.41, 5.74) is 6.71. The van der Waals surface area contributed by atoms with Crippen LogP contribution in [0.2, 0.25) is 0 Å². The molecule has 1 saturated carbocycles. The van der Waals surface area contributed by atoms with E-state index in [0.717, 1.165) is 48.6 Å². The van der Waals surface area contributed by atoms with Crippen molar-refractivity contribution in [2.24, 2.45) is 11.7 Å². The molecule has 1 aliphatic carbocycles. The van der Waals surface area contributed by atoms with Crippen LogP contribution < -0.4 is 11.1 Å². The molecule has 152 valence electrons. The van der Waals surface area contributed by atoms with Gasteiger partial charge in [-0.05, 0) is 62.0 Å². The molecule has 0 radical (unpaired) electrons. The Morgan fingerprint density at radius 1 is 1.31 bits per heavy atom. The molecule has 0 spiro atoms. The molecule has 0 aromatic carbocycles. The zero-order valence-corrected chi connectivity index (χ0v) is 17.0. The fourth-order valence-corrected chi connectivity index (χ4v) is 5.22. The predicted molar refractivity (Wildman–Crippen MR) is 111 cm³/mol. The SMILES string of the molecule is N#C[C@@H]1CCCN1C(=O)[C@@H](N)C1CCC(NC(=O)c2cc3sccc3cn2)CC1. The quantitative estimate of drug-likeness (QED) is 0.802. The smallest absolute Gasteiger partial charge is 0.270 e. The molecule has 2 aromatic heterocycles. The minimum atomic E-state index is -0.566. The van der Waals surface area contributed by atoms with Crippen LogP contribution in [0.3, 0.4) is 0 Å².